The minimum atomic E-state index is -0.723. The van der Waals surface area contributed by atoms with Gasteiger partial charge in [-0.25, -0.2) is 9.29 Å². The Hall–Kier alpha value is -3.97. The second kappa shape index (κ2) is 8.88. The zero-order valence-corrected chi connectivity index (χ0v) is 18.5. The van der Waals surface area contributed by atoms with E-state index in [1.165, 1.54) is 12.1 Å². The third-order valence-electron chi connectivity index (χ3n) is 5.15. The fraction of sp³-hybridized carbons (Fsp3) is 0.0800. The standard InChI is InChI=1S/C25H19ClFN3O3/c1-14-6-7-15(2)20(12-14)29-23(31)16-4-3-5-18(13-16)28-22-21(26)24(32)30(25(22)33)19-10-8-17(27)9-11-19/h3-13,28H,1-2H3,(H,29,31). The van der Waals surface area contributed by atoms with Crippen LogP contribution in [0.3, 0.4) is 0 Å². The lowest BCUT2D eigenvalue weighted by Gasteiger charge is -2.15. The highest BCUT2D eigenvalue weighted by molar-refractivity contribution is 6.53. The largest absolute Gasteiger partial charge is 0.350 e. The first-order valence-electron chi connectivity index (χ1n) is 10.0. The predicted octanol–water partition coefficient (Wildman–Crippen LogP) is 5.13. The van der Waals surface area contributed by atoms with Gasteiger partial charge in [0.05, 0.1) is 5.69 Å². The van der Waals surface area contributed by atoms with Crippen molar-refractivity contribution in [2.75, 3.05) is 15.5 Å². The molecule has 1 aliphatic rings. The molecule has 33 heavy (non-hydrogen) atoms. The zero-order chi connectivity index (χ0) is 23.7. The van der Waals surface area contributed by atoms with Gasteiger partial charge in [-0.1, -0.05) is 29.8 Å². The lowest BCUT2D eigenvalue weighted by Crippen LogP contribution is -2.32. The van der Waals surface area contributed by atoms with Crippen molar-refractivity contribution in [1.82, 2.24) is 0 Å². The van der Waals surface area contributed by atoms with E-state index in [1.54, 1.807) is 24.3 Å². The summed E-state index contributed by atoms with van der Waals surface area (Å²) in [6.45, 7) is 3.84. The Bertz CT molecular complexity index is 1320. The number of imide groups is 1. The number of hydrogen-bond donors (Lipinski definition) is 2. The van der Waals surface area contributed by atoms with E-state index in [0.29, 0.717) is 16.9 Å². The van der Waals surface area contributed by atoms with E-state index in [9.17, 15) is 18.8 Å². The average molecular weight is 464 g/mol. The molecule has 3 aromatic carbocycles. The van der Waals surface area contributed by atoms with Gasteiger partial charge < -0.3 is 10.6 Å². The third-order valence-corrected chi connectivity index (χ3v) is 5.50. The first kappa shape index (κ1) is 22.2. The summed E-state index contributed by atoms with van der Waals surface area (Å²) in [7, 11) is 0. The summed E-state index contributed by atoms with van der Waals surface area (Å²) in [4.78, 5) is 39.1. The molecule has 6 nitrogen and oxygen atoms in total. The molecule has 0 spiro atoms. The van der Waals surface area contributed by atoms with Gasteiger partial charge >= 0.3 is 0 Å². The summed E-state index contributed by atoms with van der Waals surface area (Å²) in [5.74, 6) is -2.22. The maximum Gasteiger partial charge on any atom is 0.283 e. The van der Waals surface area contributed by atoms with Gasteiger partial charge in [0.15, 0.2) is 0 Å². The number of nitrogens with one attached hydrogen (secondary N) is 2. The second-order valence-electron chi connectivity index (χ2n) is 7.59. The van der Waals surface area contributed by atoms with E-state index in [-0.39, 0.29) is 22.3 Å². The zero-order valence-electron chi connectivity index (χ0n) is 17.8. The smallest absolute Gasteiger partial charge is 0.283 e. The van der Waals surface area contributed by atoms with Crippen LogP contribution in [0.15, 0.2) is 77.5 Å². The van der Waals surface area contributed by atoms with Crippen molar-refractivity contribution < 1.29 is 18.8 Å². The fourth-order valence-electron chi connectivity index (χ4n) is 3.38. The van der Waals surface area contributed by atoms with Gasteiger partial charge in [0.25, 0.3) is 17.7 Å². The number of carbonyl (C=O) groups is 3. The Balaban J connectivity index is 1.55. The van der Waals surface area contributed by atoms with Crippen molar-refractivity contribution >= 4 is 46.4 Å². The average Bonchev–Trinajstić information content (AvgIpc) is 3.00. The highest BCUT2D eigenvalue weighted by atomic mass is 35.5. The van der Waals surface area contributed by atoms with Crippen molar-refractivity contribution in [3.8, 4) is 0 Å². The molecule has 0 saturated carbocycles. The monoisotopic (exact) mass is 463 g/mol. The number of amides is 3. The van der Waals surface area contributed by atoms with Gasteiger partial charge in [-0.05, 0) is 73.5 Å². The molecule has 0 aromatic heterocycles. The Morgan fingerprint density at radius 1 is 0.939 bits per heavy atom. The number of carbonyl (C=O) groups excluding carboxylic acids is 3. The summed E-state index contributed by atoms with van der Waals surface area (Å²) in [5, 5.41) is 5.43. The molecule has 3 amide bonds. The van der Waals surface area contributed by atoms with E-state index in [1.807, 2.05) is 32.0 Å². The normalized spacial score (nSPS) is 13.5. The van der Waals surface area contributed by atoms with Gasteiger partial charge in [-0.3, -0.25) is 14.4 Å². The third kappa shape index (κ3) is 4.49. The number of benzene rings is 3. The van der Waals surface area contributed by atoms with Crippen LogP contribution in [0, 0.1) is 19.7 Å². The number of halogens is 2. The molecule has 8 heteroatoms. The molecule has 0 atom stereocenters. The molecule has 4 rings (SSSR count). The Morgan fingerprint density at radius 2 is 1.67 bits per heavy atom. The maximum absolute atomic E-state index is 13.2. The topological polar surface area (TPSA) is 78.5 Å². The minimum absolute atomic E-state index is 0.127. The molecule has 2 N–H and O–H groups in total. The van der Waals surface area contributed by atoms with Gasteiger partial charge in [0.1, 0.15) is 16.5 Å². The van der Waals surface area contributed by atoms with Crippen LogP contribution in [0.2, 0.25) is 0 Å². The molecule has 0 aliphatic carbocycles. The number of rotatable bonds is 5. The van der Waals surface area contributed by atoms with E-state index >= 15 is 0 Å². The van der Waals surface area contributed by atoms with Crippen LogP contribution in [0.4, 0.5) is 21.5 Å². The van der Waals surface area contributed by atoms with E-state index in [2.05, 4.69) is 10.6 Å². The molecular weight excluding hydrogens is 445 g/mol. The van der Waals surface area contributed by atoms with E-state index < -0.39 is 17.6 Å². The van der Waals surface area contributed by atoms with Crippen LogP contribution in [0.5, 0.6) is 0 Å². The van der Waals surface area contributed by atoms with Crippen molar-refractivity contribution in [1.29, 1.82) is 0 Å². The molecule has 0 saturated heterocycles. The van der Waals surface area contributed by atoms with Crippen LogP contribution in [0.25, 0.3) is 0 Å². The first-order chi connectivity index (χ1) is 15.7. The van der Waals surface area contributed by atoms with Gasteiger partial charge in [-0.15, -0.1) is 0 Å². The van der Waals surface area contributed by atoms with Crippen LogP contribution in [-0.4, -0.2) is 17.7 Å². The summed E-state index contributed by atoms with van der Waals surface area (Å²) < 4.78 is 13.2. The van der Waals surface area contributed by atoms with Crippen LogP contribution in [0.1, 0.15) is 21.5 Å². The Labute approximate surface area is 194 Å². The molecular formula is C25H19ClFN3O3. The minimum Gasteiger partial charge on any atom is -0.350 e. The van der Waals surface area contributed by atoms with Crippen molar-refractivity contribution in [2.45, 2.75) is 13.8 Å². The SMILES string of the molecule is Cc1ccc(C)c(NC(=O)c2cccc(NC3=C(Cl)C(=O)N(c4ccc(F)cc4)C3=O)c2)c1. The number of hydrogen-bond acceptors (Lipinski definition) is 4. The maximum atomic E-state index is 13.2. The van der Waals surface area contributed by atoms with Crippen molar-refractivity contribution in [3.63, 3.8) is 0 Å². The van der Waals surface area contributed by atoms with Gasteiger partial charge in [-0.2, -0.15) is 0 Å². The summed E-state index contributed by atoms with van der Waals surface area (Å²) in [6.07, 6.45) is 0. The molecule has 1 heterocycles. The molecule has 0 unspecified atom stereocenters. The van der Waals surface area contributed by atoms with Crippen molar-refractivity contribution in [3.05, 3.63) is 100.0 Å². The van der Waals surface area contributed by atoms with Crippen molar-refractivity contribution in [2.24, 2.45) is 0 Å². The van der Waals surface area contributed by atoms with E-state index in [0.717, 1.165) is 28.2 Å². The lowest BCUT2D eigenvalue weighted by atomic mass is 10.1. The Kier molecular flexibility index (Phi) is 5.98. The first-order valence-corrected chi connectivity index (χ1v) is 10.4. The van der Waals surface area contributed by atoms with Crippen LogP contribution < -0.4 is 15.5 Å². The summed E-state index contributed by atoms with van der Waals surface area (Å²) in [6, 6.07) is 17.2. The lowest BCUT2D eigenvalue weighted by molar-refractivity contribution is -0.120. The van der Waals surface area contributed by atoms with Gasteiger partial charge in [0, 0.05) is 16.9 Å². The molecule has 166 valence electrons. The summed E-state index contributed by atoms with van der Waals surface area (Å²) >= 11 is 6.14. The quantitative estimate of drug-likeness (QED) is 0.514. The summed E-state index contributed by atoms with van der Waals surface area (Å²) in [5.41, 5.74) is 3.47. The number of nitrogens with zero attached hydrogens (tertiary/aromatic N) is 1. The highest BCUT2D eigenvalue weighted by Crippen LogP contribution is 2.30. The molecule has 0 fully saturated rings. The second-order valence-corrected chi connectivity index (χ2v) is 7.97. The molecule has 1 aliphatic heterocycles. The van der Waals surface area contributed by atoms with E-state index in [4.69, 9.17) is 11.6 Å². The van der Waals surface area contributed by atoms with Crippen LogP contribution >= 0.6 is 11.6 Å². The highest BCUT2D eigenvalue weighted by Gasteiger charge is 2.39. The molecule has 0 radical (unpaired) electrons. The number of aryl methyl sites for hydroxylation is 2. The molecule has 0 bridgehead atoms. The van der Waals surface area contributed by atoms with Crippen LogP contribution in [-0.2, 0) is 9.59 Å². The van der Waals surface area contributed by atoms with Gasteiger partial charge in [0.2, 0.25) is 0 Å². The fourth-order valence-corrected chi connectivity index (χ4v) is 3.60. The predicted molar refractivity (Wildman–Crippen MR) is 126 cm³/mol. The Morgan fingerprint density at radius 3 is 2.39 bits per heavy atom. The number of anilines is 3. The molecule has 3 aromatic rings.